The summed E-state index contributed by atoms with van der Waals surface area (Å²) in [7, 11) is 0. The molecule has 1 unspecified atom stereocenters. The highest BCUT2D eigenvalue weighted by Gasteiger charge is 2.62. The minimum atomic E-state index is -2.24. The second kappa shape index (κ2) is 5.96. The summed E-state index contributed by atoms with van der Waals surface area (Å²) in [4.78, 5) is 16.5. The van der Waals surface area contributed by atoms with Crippen LogP contribution in [0.5, 0.6) is 5.75 Å². The van der Waals surface area contributed by atoms with Crippen molar-refractivity contribution in [2.75, 3.05) is 13.2 Å². The van der Waals surface area contributed by atoms with E-state index < -0.39 is 35.0 Å². The summed E-state index contributed by atoms with van der Waals surface area (Å²) in [6, 6.07) is 6.76. The lowest BCUT2D eigenvalue weighted by Gasteiger charge is -2.30. The minimum absolute atomic E-state index is 0.0463. The molecule has 8 heteroatoms. The van der Waals surface area contributed by atoms with Gasteiger partial charge in [-0.15, -0.1) is 0 Å². The van der Waals surface area contributed by atoms with Crippen molar-refractivity contribution in [2.45, 2.75) is 36.5 Å². The Morgan fingerprint density at radius 1 is 1.36 bits per heavy atom. The number of rotatable bonds is 5. The van der Waals surface area contributed by atoms with E-state index >= 15 is 0 Å². The number of primary amides is 1. The van der Waals surface area contributed by atoms with Crippen molar-refractivity contribution in [3.63, 3.8) is 0 Å². The smallest absolute Gasteiger partial charge is 0.231 e. The number of hydrogen-bond acceptors (Lipinski definition) is 5. The van der Waals surface area contributed by atoms with Crippen molar-refractivity contribution in [1.82, 2.24) is 4.98 Å². The maximum atomic E-state index is 14.9. The topological polar surface area (TPSA) is 106 Å². The highest BCUT2D eigenvalue weighted by atomic mass is 19.1. The van der Waals surface area contributed by atoms with Gasteiger partial charge in [0.2, 0.25) is 5.91 Å². The quantitative estimate of drug-likeness (QED) is 0.721. The number of ether oxygens (including phenoxy) is 1. The Labute approximate surface area is 160 Å². The van der Waals surface area contributed by atoms with Gasteiger partial charge in [-0.3, -0.25) is 4.79 Å². The van der Waals surface area contributed by atoms with Gasteiger partial charge in [0.25, 0.3) is 0 Å². The van der Waals surface area contributed by atoms with E-state index in [0.29, 0.717) is 11.1 Å². The lowest BCUT2D eigenvalue weighted by Crippen LogP contribution is -2.44. The molecule has 1 aromatic heterocycles. The first kappa shape index (κ1) is 18.8. The molecule has 1 aliphatic carbocycles. The maximum Gasteiger partial charge on any atom is 0.231 e. The van der Waals surface area contributed by atoms with Gasteiger partial charge >= 0.3 is 0 Å². The molecule has 148 valence electrons. The van der Waals surface area contributed by atoms with Crippen LogP contribution in [-0.2, 0) is 15.8 Å². The predicted molar refractivity (Wildman–Crippen MR) is 95.7 cm³/mol. The molecule has 28 heavy (non-hydrogen) atoms. The van der Waals surface area contributed by atoms with Crippen LogP contribution in [0.1, 0.15) is 31.0 Å². The molecule has 1 saturated carbocycles. The van der Waals surface area contributed by atoms with Crippen LogP contribution < -0.4 is 10.5 Å². The molecule has 1 aromatic carbocycles. The van der Waals surface area contributed by atoms with E-state index in [-0.39, 0.29) is 36.6 Å². The molecule has 1 amide bonds. The summed E-state index contributed by atoms with van der Waals surface area (Å²) in [6.07, 6.45) is 0.163. The largest absolute Gasteiger partial charge is 0.489 e. The van der Waals surface area contributed by atoms with Gasteiger partial charge in [-0.25, -0.2) is 13.8 Å². The number of aliphatic hydroxyl groups is 2. The van der Waals surface area contributed by atoms with Crippen LogP contribution in [0.2, 0.25) is 0 Å². The molecular formula is C20H20F2N2O4. The minimum Gasteiger partial charge on any atom is -0.489 e. The summed E-state index contributed by atoms with van der Waals surface area (Å²) < 4.78 is 34.0. The zero-order chi connectivity index (χ0) is 20.3. The first-order valence-corrected chi connectivity index (χ1v) is 8.91. The van der Waals surface area contributed by atoms with Gasteiger partial charge in [0.15, 0.2) is 5.60 Å². The number of halogens is 2. The molecular weight excluding hydrogens is 370 g/mol. The van der Waals surface area contributed by atoms with Crippen LogP contribution in [0.25, 0.3) is 11.3 Å². The van der Waals surface area contributed by atoms with Crippen molar-refractivity contribution >= 4 is 5.91 Å². The summed E-state index contributed by atoms with van der Waals surface area (Å²) in [5.41, 5.74) is 1.01. The fourth-order valence-corrected chi connectivity index (χ4v) is 3.58. The number of benzene rings is 1. The third-order valence-corrected chi connectivity index (χ3v) is 5.82. The van der Waals surface area contributed by atoms with Crippen molar-refractivity contribution in [3.8, 4) is 17.0 Å². The van der Waals surface area contributed by atoms with Crippen molar-refractivity contribution in [3.05, 3.63) is 47.4 Å². The Morgan fingerprint density at radius 2 is 2.00 bits per heavy atom. The van der Waals surface area contributed by atoms with Gasteiger partial charge in [-0.05, 0) is 50.1 Å². The Kier molecular flexibility index (Phi) is 3.99. The monoisotopic (exact) mass is 390 g/mol. The van der Waals surface area contributed by atoms with Gasteiger partial charge in [-0.2, -0.15) is 0 Å². The number of hydrogen-bond donors (Lipinski definition) is 3. The van der Waals surface area contributed by atoms with Crippen LogP contribution in [0.15, 0.2) is 30.3 Å². The highest BCUT2D eigenvalue weighted by Crippen LogP contribution is 2.54. The Balaban J connectivity index is 1.98. The summed E-state index contributed by atoms with van der Waals surface area (Å²) in [5, 5.41) is 20.7. The Bertz CT molecular complexity index is 961. The van der Waals surface area contributed by atoms with Crippen molar-refractivity contribution in [2.24, 2.45) is 5.73 Å². The number of carbonyl (C=O) groups excluding carboxylic acids is 1. The molecule has 4 N–H and O–H groups in total. The van der Waals surface area contributed by atoms with Crippen LogP contribution in [0.4, 0.5) is 8.78 Å². The number of carbonyl (C=O) groups is 1. The third-order valence-electron chi connectivity index (χ3n) is 5.82. The van der Waals surface area contributed by atoms with Gasteiger partial charge in [0.1, 0.15) is 35.0 Å². The standard InChI is InChI=1S/C20H20F2N2O4/c1-18(17(23)26)10-28-16-13(18)8-14(20(27,9-25)19(22)6-7-19)24-15(16)11-2-4-12(21)5-3-11/h2-5,8,25,27H,6-7,9-10H2,1H3,(H2,23,26)/t18-,20?/m0/s1. The number of pyridine rings is 1. The van der Waals surface area contributed by atoms with Crippen molar-refractivity contribution < 1.29 is 28.5 Å². The van der Waals surface area contributed by atoms with E-state index in [1.54, 1.807) is 6.92 Å². The zero-order valence-corrected chi connectivity index (χ0v) is 15.2. The Morgan fingerprint density at radius 3 is 2.54 bits per heavy atom. The lowest BCUT2D eigenvalue weighted by molar-refractivity contribution is -0.123. The second-order valence-electron chi connectivity index (χ2n) is 7.71. The van der Waals surface area contributed by atoms with E-state index in [0.717, 1.165) is 0 Å². The van der Waals surface area contributed by atoms with Gasteiger partial charge < -0.3 is 20.7 Å². The van der Waals surface area contributed by atoms with E-state index in [9.17, 15) is 23.8 Å². The molecule has 2 atom stereocenters. The van der Waals surface area contributed by atoms with Gasteiger partial charge in [0.05, 0.1) is 12.3 Å². The number of aliphatic hydroxyl groups excluding tert-OH is 1. The summed E-state index contributed by atoms with van der Waals surface area (Å²) in [6.45, 7) is 0.654. The first-order chi connectivity index (χ1) is 13.1. The number of nitrogens with two attached hydrogens (primary N) is 1. The van der Waals surface area contributed by atoms with E-state index in [1.807, 2.05) is 0 Å². The van der Waals surface area contributed by atoms with Crippen LogP contribution in [0, 0.1) is 5.82 Å². The van der Waals surface area contributed by atoms with Gasteiger partial charge in [0, 0.05) is 11.1 Å². The molecule has 1 aliphatic heterocycles. The average Bonchev–Trinajstić information content (AvgIpc) is 3.34. The molecule has 0 spiro atoms. The average molecular weight is 390 g/mol. The fraction of sp³-hybridized carbons (Fsp3) is 0.400. The molecule has 2 aromatic rings. The summed E-state index contributed by atoms with van der Waals surface area (Å²) in [5.74, 6) is -0.838. The normalized spacial score (nSPS) is 24.2. The molecule has 4 rings (SSSR count). The van der Waals surface area contributed by atoms with E-state index in [1.165, 1.54) is 30.3 Å². The Hall–Kier alpha value is -2.58. The van der Waals surface area contributed by atoms with Crippen LogP contribution in [-0.4, -0.2) is 40.0 Å². The lowest BCUT2D eigenvalue weighted by atomic mass is 9.81. The molecule has 2 heterocycles. The number of nitrogens with zero attached hydrogens (tertiary/aromatic N) is 1. The molecule has 0 radical (unpaired) electrons. The van der Waals surface area contributed by atoms with E-state index in [4.69, 9.17) is 10.5 Å². The molecule has 6 nitrogen and oxygen atoms in total. The SMILES string of the molecule is C[C@]1(C(N)=O)COc2c1cc(C(O)(CO)C1(F)CC1)nc2-c1ccc(F)cc1. The molecule has 1 fully saturated rings. The molecule has 0 bridgehead atoms. The second-order valence-corrected chi connectivity index (χ2v) is 7.71. The third kappa shape index (κ3) is 2.51. The van der Waals surface area contributed by atoms with Crippen LogP contribution in [0.3, 0.4) is 0 Å². The molecule has 2 aliphatic rings. The number of alkyl halides is 1. The fourth-order valence-electron chi connectivity index (χ4n) is 3.58. The number of amides is 1. The van der Waals surface area contributed by atoms with E-state index in [2.05, 4.69) is 4.98 Å². The summed E-state index contributed by atoms with van der Waals surface area (Å²) >= 11 is 0. The van der Waals surface area contributed by atoms with Gasteiger partial charge in [-0.1, -0.05) is 0 Å². The number of aromatic nitrogens is 1. The number of fused-ring (bicyclic) bond motifs is 1. The molecule has 0 saturated heterocycles. The predicted octanol–water partition coefficient (Wildman–Crippen LogP) is 1.71. The van der Waals surface area contributed by atoms with Crippen molar-refractivity contribution in [1.29, 1.82) is 0 Å². The highest BCUT2D eigenvalue weighted by molar-refractivity contribution is 5.90. The first-order valence-electron chi connectivity index (χ1n) is 8.91. The van der Waals surface area contributed by atoms with Crippen LogP contribution >= 0.6 is 0 Å². The maximum absolute atomic E-state index is 14.9. The zero-order valence-electron chi connectivity index (χ0n) is 15.2.